The van der Waals surface area contributed by atoms with Gasteiger partial charge in [0, 0.05) is 13.7 Å². The summed E-state index contributed by atoms with van der Waals surface area (Å²) in [6.07, 6.45) is -1.31. The van der Waals surface area contributed by atoms with Gasteiger partial charge in [0.2, 0.25) is 0 Å². The maximum Gasteiger partial charge on any atom is 0.163 e. The van der Waals surface area contributed by atoms with Gasteiger partial charge in [-0.2, -0.15) is 5.06 Å². The maximum atomic E-state index is 10.2. The normalized spacial score (nSPS) is 34.6. The van der Waals surface area contributed by atoms with Gasteiger partial charge in [-0.3, -0.25) is 4.84 Å². The molecule has 0 radical (unpaired) electrons. The van der Waals surface area contributed by atoms with Crippen molar-refractivity contribution in [3.63, 3.8) is 0 Å². The van der Waals surface area contributed by atoms with Gasteiger partial charge in [0.05, 0.1) is 19.3 Å². The summed E-state index contributed by atoms with van der Waals surface area (Å²) in [6.45, 7) is 5.02. The van der Waals surface area contributed by atoms with E-state index in [-0.39, 0.29) is 18.8 Å². The first-order chi connectivity index (χ1) is 11.0. The first-order valence-electron chi connectivity index (χ1n) is 7.96. The molecule has 4 atom stereocenters. The van der Waals surface area contributed by atoms with Crippen molar-refractivity contribution < 1.29 is 24.2 Å². The summed E-state index contributed by atoms with van der Waals surface area (Å²) >= 11 is 0. The van der Waals surface area contributed by atoms with Crippen LogP contribution in [0.4, 0.5) is 0 Å². The topological polar surface area (TPSA) is 60.4 Å². The van der Waals surface area contributed by atoms with Crippen molar-refractivity contribution >= 4 is 0 Å². The Bertz CT molecular complexity index is 509. The molecule has 2 saturated heterocycles. The molecule has 0 aromatic heterocycles. The third kappa shape index (κ3) is 3.74. The van der Waals surface area contributed by atoms with Gasteiger partial charge in [-0.1, -0.05) is 30.3 Å². The van der Waals surface area contributed by atoms with Crippen molar-refractivity contribution in [1.82, 2.24) is 5.06 Å². The van der Waals surface area contributed by atoms with E-state index < -0.39 is 18.0 Å². The van der Waals surface area contributed by atoms with Crippen LogP contribution in [0, 0.1) is 0 Å². The minimum atomic E-state index is -0.690. The second kappa shape index (κ2) is 6.84. The van der Waals surface area contributed by atoms with Crippen molar-refractivity contribution in [2.45, 2.75) is 50.5 Å². The van der Waals surface area contributed by atoms with Crippen LogP contribution in [0.2, 0.25) is 0 Å². The van der Waals surface area contributed by atoms with Crippen LogP contribution in [0.5, 0.6) is 0 Å². The van der Waals surface area contributed by atoms with Gasteiger partial charge in [-0.25, -0.2) is 0 Å². The summed E-state index contributed by atoms with van der Waals surface area (Å²) in [5.74, 6) is -0.635. The largest absolute Gasteiger partial charge is 0.388 e. The Kier molecular flexibility index (Phi) is 5.01. The molecule has 1 N–H and O–H groups in total. The lowest BCUT2D eigenvalue weighted by atomic mass is 9.98. The maximum absolute atomic E-state index is 10.2. The number of nitrogens with zero attached hydrogens (tertiary/aromatic N) is 1. The summed E-state index contributed by atoms with van der Waals surface area (Å²) in [6, 6.07) is 9.82. The molecule has 6 heteroatoms. The number of methoxy groups -OCH3 is 1. The summed E-state index contributed by atoms with van der Waals surface area (Å²) < 4.78 is 17.3. The number of hydrogen-bond donors (Lipinski definition) is 1. The van der Waals surface area contributed by atoms with E-state index in [1.54, 1.807) is 7.11 Å². The SMILES string of the molecule is CO[C@H]1[C@H]([C@H]2COC(C)(C)O2)N(Cc2ccccc2)OC[C@@H]1O. The quantitative estimate of drug-likeness (QED) is 0.902. The van der Waals surface area contributed by atoms with E-state index in [0.717, 1.165) is 5.56 Å². The van der Waals surface area contributed by atoms with Crippen LogP contribution >= 0.6 is 0 Å². The van der Waals surface area contributed by atoms with Gasteiger partial charge in [0.25, 0.3) is 0 Å². The van der Waals surface area contributed by atoms with Crippen molar-refractivity contribution in [2.24, 2.45) is 0 Å². The van der Waals surface area contributed by atoms with Gasteiger partial charge in [0.1, 0.15) is 18.3 Å². The molecule has 1 aromatic carbocycles. The lowest BCUT2D eigenvalue weighted by molar-refractivity contribution is -0.300. The minimum absolute atomic E-state index is 0.207. The Balaban J connectivity index is 1.81. The smallest absolute Gasteiger partial charge is 0.163 e. The molecule has 0 bridgehead atoms. The molecule has 0 saturated carbocycles. The van der Waals surface area contributed by atoms with Gasteiger partial charge < -0.3 is 19.3 Å². The number of aliphatic hydroxyl groups is 1. The fourth-order valence-corrected chi connectivity index (χ4v) is 3.24. The zero-order valence-corrected chi connectivity index (χ0v) is 13.8. The summed E-state index contributed by atoms with van der Waals surface area (Å²) in [7, 11) is 1.61. The van der Waals surface area contributed by atoms with Crippen LogP contribution < -0.4 is 0 Å². The van der Waals surface area contributed by atoms with Crippen molar-refractivity contribution in [1.29, 1.82) is 0 Å². The Labute approximate surface area is 136 Å². The standard InChI is InChI=1S/C17H25NO5/c1-17(2)21-11-14(23-17)15-16(20-3)13(19)10-22-18(15)9-12-7-5-4-6-8-12/h4-8,13-16,19H,9-11H2,1-3H3/t13-,14+,15-,16+/m0/s1. The van der Waals surface area contributed by atoms with Gasteiger partial charge in [-0.05, 0) is 19.4 Å². The van der Waals surface area contributed by atoms with E-state index in [1.165, 1.54) is 0 Å². The molecule has 0 unspecified atom stereocenters. The lowest BCUT2D eigenvalue weighted by Crippen LogP contribution is -2.61. The van der Waals surface area contributed by atoms with Crippen LogP contribution in [0.3, 0.4) is 0 Å². The Hall–Kier alpha value is -1.02. The third-order valence-corrected chi connectivity index (χ3v) is 4.32. The third-order valence-electron chi connectivity index (χ3n) is 4.32. The minimum Gasteiger partial charge on any atom is -0.388 e. The Morgan fingerprint density at radius 3 is 2.61 bits per heavy atom. The van der Waals surface area contributed by atoms with Crippen LogP contribution in [-0.2, 0) is 25.6 Å². The van der Waals surface area contributed by atoms with E-state index in [9.17, 15) is 5.11 Å². The predicted octanol–water partition coefficient (Wildman–Crippen LogP) is 1.33. The van der Waals surface area contributed by atoms with E-state index in [0.29, 0.717) is 13.2 Å². The van der Waals surface area contributed by atoms with E-state index in [4.69, 9.17) is 19.0 Å². The predicted molar refractivity (Wildman–Crippen MR) is 83.4 cm³/mol. The molecular formula is C17H25NO5. The molecule has 2 aliphatic heterocycles. The lowest BCUT2D eigenvalue weighted by Gasteiger charge is -2.44. The molecule has 2 heterocycles. The van der Waals surface area contributed by atoms with Crippen molar-refractivity contribution in [3.8, 4) is 0 Å². The zero-order valence-electron chi connectivity index (χ0n) is 13.8. The van der Waals surface area contributed by atoms with Crippen LogP contribution in [0.15, 0.2) is 30.3 Å². The molecule has 0 spiro atoms. The monoisotopic (exact) mass is 323 g/mol. The average Bonchev–Trinajstić information content (AvgIpc) is 2.89. The number of ether oxygens (including phenoxy) is 3. The summed E-state index contributed by atoms with van der Waals surface area (Å²) in [5.41, 5.74) is 1.13. The van der Waals surface area contributed by atoms with Gasteiger partial charge >= 0.3 is 0 Å². The average molecular weight is 323 g/mol. The highest BCUT2D eigenvalue weighted by Gasteiger charge is 2.48. The Morgan fingerprint density at radius 1 is 1.26 bits per heavy atom. The highest BCUT2D eigenvalue weighted by molar-refractivity contribution is 5.14. The van der Waals surface area contributed by atoms with Crippen molar-refractivity contribution in [2.75, 3.05) is 20.3 Å². The van der Waals surface area contributed by atoms with Gasteiger partial charge in [-0.15, -0.1) is 0 Å². The Morgan fingerprint density at radius 2 is 2.00 bits per heavy atom. The second-order valence-electron chi connectivity index (χ2n) is 6.48. The molecule has 23 heavy (non-hydrogen) atoms. The van der Waals surface area contributed by atoms with E-state index in [2.05, 4.69) is 0 Å². The second-order valence-corrected chi connectivity index (χ2v) is 6.48. The molecular weight excluding hydrogens is 298 g/mol. The number of aliphatic hydroxyl groups excluding tert-OH is 1. The zero-order chi connectivity index (χ0) is 16.4. The van der Waals surface area contributed by atoms with Crippen LogP contribution in [0.1, 0.15) is 19.4 Å². The number of benzene rings is 1. The summed E-state index contributed by atoms with van der Waals surface area (Å²) in [5, 5.41) is 12.1. The van der Waals surface area contributed by atoms with E-state index in [1.807, 2.05) is 49.2 Å². The van der Waals surface area contributed by atoms with Crippen LogP contribution in [0.25, 0.3) is 0 Å². The highest BCUT2D eigenvalue weighted by Crippen LogP contribution is 2.32. The molecule has 0 aliphatic carbocycles. The number of hydrogen-bond acceptors (Lipinski definition) is 6. The molecule has 0 amide bonds. The molecule has 128 valence electrons. The highest BCUT2D eigenvalue weighted by atomic mass is 16.8. The van der Waals surface area contributed by atoms with Crippen molar-refractivity contribution in [3.05, 3.63) is 35.9 Å². The fraction of sp³-hybridized carbons (Fsp3) is 0.647. The molecule has 1 aromatic rings. The number of rotatable bonds is 4. The number of hydroxylamine groups is 2. The first-order valence-corrected chi connectivity index (χ1v) is 7.96. The molecule has 2 fully saturated rings. The summed E-state index contributed by atoms with van der Waals surface area (Å²) in [4.78, 5) is 5.79. The van der Waals surface area contributed by atoms with Gasteiger partial charge in [0.15, 0.2) is 5.79 Å². The fourth-order valence-electron chi connectivity index (χ4n) is 3.24. The molecule has 2 aliphatic rings. The van der Waals surface area contributed by atoms with E-state index >= 15 is 0 Å². The molecule has 3 rings (SSSR count). The first kappa shape index (κ1) is 16.8. The molecule has 6 nitrogen and oxygen atoms in total. The van der Waals surface area contributed by atoms with Crippen LogP contribution in [-0.4, -0.2) is 60.6 Å².